The second-order valence-corrected chi connectivity index (χ2v) is 8.61. The Labute approximate surface area is 170 Å². The van der Waals surface area contributed by atoms with E-state index >= 15 is 0 Å². The van der Waals surface area contributed by atoms with Gasteiger partial charge in [0.25, 0.3) is 5.72 Å². The Balaban J connectivity index is 1.96. The van der Waals surface area contributed by atoms with Crippen LogP contribution in [0, 0.1) is 0 Å². The van der Waals surface area contributed by atoms with E-state index in [2.05, 4.69) is 9.82 Å². The van der Waals surface area contributed by atoms with Gasteiger partial charge in [0.1, 0.15) is 0 Å². The highest BCUT2D eigenvalue weighted by Crippen LogP contribution is 2.41. The number of hydrazone groups is 1. The second kappa shape index (κ2) is 7.73. The maximum Gasteiger partial charge on any atom is 0.438 e. The van der Waals surface area contributed by atoms with E-state index in [4.69, 9.17) is 0 Å². The Hall–Kier alpha value is -2.92. The maximum atomic E-state index is 13.7. The first-order valence-electron chi connectivity index (χ1n) is 8.71. The number of rotatable bonds is 5. The van der Waals surface area contributed by atoms with E-state index in [-0.39, 0.29) is 28.4 Å². The first-order valence-corrected chi connectivity index (χ1v) is 10.6. The number of benzene rings is 2. The highest BCUT2D eigenvalue weighted by atomic mass is 32.2. The molecule has 11 heteroatoms. The lowest BCUT2D eigenvalue weighted by Crippen LogP contribution is -2.57. The molecule has 0 spiro atoms. The number of halogens is 3. The molecule has 30 heavy (non-hydrogen) atoms. The average Bonchev–Trinajstić information content (AvgIpc) is 3.00. The van der Waals surface area contributed by atoms with Crippen LogP contribution < -0.4 is 4.72 Å². The van der Waals surface area contributed by atoms with E-state index in [1.54, 1.807) is 30.3 Å². The van der Waals surface area contributed by atoms with Crippen molar-refractivity contribution in [2.24, 2.45) is 5.10 Å². The van der Waals surface area contributed by atoms with Gasteiger partial charge in [-0.2, -0.15) is 23.3 Å². The summed E-state index contributed by atoms with van der Waals surface area (Å²) < 4.78 is 66.0. The van der Waals surface area contributed by atoms with Crippen molar-refractivity contribution < 1.29 is 31.5 Å². The number of nitrogens with one attached hydrogen (secondary N) is 1. The van der Waals surface area contributed by atoms with E-state index in [0.717, 1.165) is 6.26 Å². The zero-order valence-corrected chi connectivity index (χ0v) is 16.5. The third-order valence-corrected chi connectivity index (χ3v) is 4.98. The minimum absolute atomic E-state index is 0.0615. The molecule has 0 saturated heterocycles. The highest BCUT2D eigenvalue weighted by Gasteiger charge is 2.63. The van der Waals surface area contributed by atoms with Crippen molar-refractivity contribution in [1.29, 1.82) is 0 Å². The van der Waals surface area contributed by atoms with Crippen molar-refractivity contribution in [3.63, 3.8) is 0 Å². The Morgan fingerprint density at radius 2 is 1.87 bits per heavy atom. The lowest BCUT2D eigenvalue weighted by Gasteiger charge is -2.32. The molecule has 0 fully saturated rings. The number of carbonyl (C=O) groups is 1. The van der Waals surface area contributed by atoms with Crippen molar-refractivity contribution in [3.8, 4) is 0 Å². The van der Waals surface area contributed by atoms with Gasteiger partial charge in [-0.25, -0.2) is 8.42 Å². The van der Waals surface area contributed by atoms with Gasteiger partial charge in [-0.1, -0.05) is 42.5 Å². The minimum atomic E-state index is -5.16. The van der Waals surface area contributed by atoms with E-state index in [1.807, 2.05) is 0 Å². The molecular weight excluding hydrogens is 423 g/mol. The topological polar surface area (TPSA) is 99.1 Å². The monoisotopic (exact) mass is 441 g/mol. The SMILES string of the molecule is CS(=O)(=O)Nc1cccc(C2=NN(C(=O)Cc3ccccc3)C(O)(C(F)(F)F)C2)c1. The molecule has 0 saturated carbocycles. The zero-order chi connectivity index (χ0) is 22.2. The molecule has 0 bridgehead atoms. The van der Waals surface area contributed by atoms with Gasteiger partial charge in [-0.3, -0.25) is 9.52 Å². The van der Waals surface area contributed by atoms with Crippen LogP contribution >= 0.6 is 0 Å². The molecule has 0 aliphatic carbocycles. The first kappa shape index (κ1) is 21.8. The summed E-state index contributed by atoms with van der Waals surface area (Å²) in [5.41, 5.74) is -2.99. The molecular formula is C19H18F3N3O4S. The lowest BCUT2D eigenvalue weighted by molar-refractivity contribution is -0.302. The van der Waals surface area contributed by atoms with E-state index < -0.39 is 34.3 Å². The Bertz CT molecular complexity index is 1090. The van der Waals surface area contributed by atoms with Gasteiger partial charge >= 0.3 is 6.18 Å². The molecule has 3 rings (SSSR count). The number of anilines is 1. The summed E-state index contributed by atoms with van der Waals surface area (Å²) in [5.74, 6) is -1.03. The smallest absolute Gasteiger partial charge is 0.362 e. The zero-order valence-electron chi connectivity index (χ0n) is 15.7. The number of hydrogen-bond donors (Lipinski definition) is 2. The fourth-order valence-corrected chi connectivity index (χ4v) is 3.57. The molecule has 1 unspecified atom stereocenters. The first-order chi connectivity index (χ1) is 13.9. The molecule has 7 nitrogen and oxygen atoms in total. The van der Waals surface area contributed by atoms with Gasteiger partial charge < -0.3 is 5.11 Å². The average molecular weight is 441 g/mol. The molecule has 2 aromatic carbocycles. The van der Waals surface area contributed by atoms with Crippen molar-refractivity contribution in [2.45, 2.75) is 24.7 Å². The van der Waals surface area contributed by atoms with Crippen LogP contribution in [-0.4, -0.2) is 48.3 Å². The summed E-state index contributed by atoms with van der Waals surface area (Å²) in [5, 5.41) is 14.2. The molecule has 0 radical (unpaired) electrons. The number of sulfonamides is 1. The van der Waals surface area contributed by atoms with Crippen LogP contribution in [0.4, 0.5) is 18.9 Å². The van der Waals surface area contributed by atoms with Crippen LogP contribution in [0.2, 0.25) is 0 Å². The van der Waals surface area contributed by atoms with Crippen LogP contribution in [-0.2, 0) is 21.2 Å². The van der Waals surface area contributed by atoms with Gasteiger partial charge in [-0.05, 0) is 17.7 Å². The van der Waals surface area contributed by atoms with E-state index in [1.165, 1.54) is 24.3 Å². The molecule has 1 amide bonds. The third kappa shape index (κ3) is 4.62. The number of carbonyl (C=O) groups excluding carboxylic acids is 1. The maximum absolute atomic E-state index is 13.7. The van der Waals surface area contributed by atoms with Crippen LogP contribution in [0.3, 0.4) is 0 Å². The number of nitrogens with zero attached hydrogens (tertiary/aromatic N) is 2. The highest BCUT2D eigenvalue weighted by molar-refractivity contribution is 7.92. The van der Waals surface area contributed by atoms with Gasteiger partial charge in [0.15, 0.2) is 0 Å². The van der Waals surface area contributed by atoms with E-state index in [9.17, 15) is 31.5 Å². The predicted octanol–water partition coefficient (Wildman–Crippen LogP) is 2.49. The standard InChI is InChI=1S/C19H18F3N3O4S/c1-30(28,29)24-15-9-5-8-14(11-15)16-12-18(27,19(20,21)22)25(23-16)17(26)10-13-6-3-2-4-7-13/h2-9,11,24,27H,10,12H2,1H3. The Morgan fingerprint density at radius 1 is 1.20 bits per heavy atom. The predicted molar refractivity (Wildman–Crippen MR) is 104 cm³/mol. The number of amides is 1. The molecule has 1 aliphatic heterocycles. The van der Waals surface area contributed by atoms with Crippen LogP contribution in [0.15, 0.2) is 59.7 Å². The molecule has 0 aromatic heterocycles. The molecule has 1 atom stereocenters. The quantitative estimate of drug-likeness (QED) is 0.745. The molecule has 1 heterocycles. The normalized spacial score (nSPS) is 19.5. The fourth-order valence-electron chi connectivity index (χ4n) is 3.01. The lowest BCUT2D eigenvalue weighted by atomic mass is 10.00. The summed E-state index contributed by atoms with van der Waals surface area (Å²) in [6, 6.07) is 13.6. The van der Waals surface area contributed by atoms with Crippen LogP contribution in [0.5, 0.6) is 0 Å². The van der Waals surface area contributed by atoms with E-state index in [0.29, 0.717) is 5.56 Å². The number of hydrogen-bond acceptors (Lipinski definition) is 5. The van der Waals surface area contributed by atoms with Crippen molar-refractivity contribution in [1.82, 2.24) is 5.01 Å². The molecule has 1 aliphatic rings. The molecule has 2 N–H and O–H groups in total. The van der Waals surface area contributed by atoms with Gasteiger partial charge in [0.2, 0.25) is 15.9 Å². The summed E-state index contributed by atoms with van der Waals surface area (Å²) in [4.78, 5) is 12.6. The molecule has 2 aromatic rings. The van der Waals surface area contributed by atoms with Crippen LogP contribution in [0.25, 0.3) is 0 Å². The van der Waals surface area contributed by atoms with Crippen molar-refractivity contribution >= 4 is 27.3 Å². The van der Waals surface area contributed by atoms with Crippen LogP contribution in [0.1, 0.15) is 17.5 Å². The Kier molecular flexibility index (Phi) is 5.61. The van der Waals surface area contributed by atoms with Crippen molar-refractivity contribution in [2.75, 3.05) is 11.0 Å². The minimum Gasteiger partial charge on any atom is -0.362 e. The fraction of sp³-hybridized carbons (Fsp3) is 0.263. The van der Waals surface area contributed by atoms with Crippen molar-refractivity contribution in [3.05, 3.63) is 65.7 Å². The summed E-state index contributed by atoms with van der Waals surface area (Å²) in [6.07, 6.45) is -5.60. The molecule has 160 valence electrons. The van der Waals surface area contributed by atoms with Gasteiger partial charge in [0, 0.05) is 11.3 Å². The van der Waals surface area contributed by atoms with Gasteiger partial charge in [-0.15, -0.1) is 0 Å². The summed E-state index contributed by atoms with van der Waals surface area (Å²) >= 11 is 0. The second-order valence-electron chi connectivity index (χ2n) is 6.86. The summed E-state index contributed by atoms with van der Waals surface area (Å²) in [6.45, 7) is 0. The van der Waals surface area contributed by atoms with Gasteiger partial charge in [0.05, 0.1) is 24.8 Å². The summed E-state index contributed by atoms with van der Waals surface area (Å²) in [7, 11) is -3.61. The number of aliphatic hydroxyl groups is 1. The number of alkyl halides is 3. The Morgan fingerprint density at radius 3 is 2.47 bits per heavy atom. The largest absolute Gasteiger partial charge is 0.438 e. The third-order valence-electron chi connectivity index (χ3n) is 4.37.